The van der Waals surface area contributed by atoms with Crippen molar-refractivity contribution in [2.45, 2.75) is 77.4 Å². The highest BCUT2D eigenvalue weighted by Gasteiger charge is 2.38. The van der Waals surface area contributed by atoms with Crippen LogP contribution in [0.5, 0.6) is 0 Å². The minimum Gasteiger partial charge on any atom is -0.313 e. The fourth-order valence-electron chi connectivity index (χ4n) is 3.39. The van der Waals surface area contributed by atoms with E-state index in [9.17, 15) is 0 Å². The molecule has 100 valence electrons. The van der Waals surface area contributed by atoms with E-state index in [1.807, 2.05) is 0 Å². The predicted octanol–water partition coefficient (Wildman–Crippen LogP) is 3.03. The summed E-state index contributed by atoms with van der Waals surface area (Å²) in [4.78, 5) is 2.84. The van der Waals surface area contributed by atoms with E-state index in [1.54, 1.807) is 0 Å². The second kappa shape index (κ2) is 6.19. The van der Waals surface area contributed by atoms with Crippen molar-refractivity contribution in [1.29, 1.82) is 0 Å². The van der Waals surface area contributed by atoms with E-state index in [-0.39, 0.29) is 0 Å². The average Bonchev–Trinajstić information content (AvgIpc) is 3.11. The summed E-state index contributed by atoms with van der Waals surface area (Å²) in [5, 5.41) is 3.73. The Bertz CT molecular complexity index is 221. The normalized spacial score (nSPS) is 30.2. The molecular formula is C15H30N2. The summed E-state index contributed by atoms with van der Waals surface area (Å²) in [6.07, 6.45) is 8.56. The van der Waals surface area contributed by atoms with Crippen LogP contribution in [0.3, 0.4) is 0 Å². The van der Waals surface area contributed by atoms with E-state index >= 15 is 0 Å². The van der Waals surface area contributed by atoms with Gasteiger partial charge in [-0.05, 0) is 38.1 Å². The summed E-state index contributed by atoms with van der Waals surface area (Å²) in [5.41, 5.74) is 0. The molecule has 2 saturated carbocycles. The van der Waals surface area contributed by atoms with Gasteiger partial charge < -0.3 is 5.32 Å². The molecule has 1 N–H and O–H groups in total. The summed E-state index contributed by atoms with van der Waals surface area (Å²) in [6, 6.07) is 2.49. The van der Waals surface area contributed by atoms with Crippen LogP contribution in [0.4, 0.5) is 0 Å². The van der Waals surface area contributed by atoms with Crippen molar-refractivity contribution in [2.24, 2.45) is 5.92 Å². The summed E-state index contributed by atoms with van der Waals surface area (Å²) >= 11 is 0. The van der Waals surface area contributed by atoms with Gasteiger partial charge in [-0.2, -0.15) is 0 Å². The quantitative estimate of drug-likeness (QED) is 0.765. The Labute approximate surface area is 107 Å². The summed E-state index contributed by atoms with van der Waals surface area (Å²) in [6.45, 7) is 9.40. The lowest BCUT2D eigenvalue weighted by atomic mass is 9.88. The van der Waals surface area contributed by atoms with E-state index in [0.717, 1.165) is 30.6 Å². The zero-order valence-corrected chi connectivity index (χ0v) is 11.9. The first-order chi connectivity index (χ1) is 8.22. The molecular weight excluding hydrogens is 208 g/mol. The standard InChI is InChI=1S/C15H30N2/c1-4-16-14-7-5-6-8-15(14)17(11-12(2)3)13-9-10-13/h12-16H,4-11H2,1-3H3. The molecule has 0 heterocycles. The second-order valence-electron chi connectivity index (χ2n) is 6.34. The molecule has 2 aliphatic carbocycles. The lowest BCUT2D eigenvalue weighted by Crippen LogP contribution is -2.53. The van der Waals surface area contributed by atoms with Crippen LogP contribution < -0.4 is 5.32 Å². The zero-order chi connectivity index (χ0) is 12.3. The highest BCUT2D eigenvalue weighted by Crippen LogP contribution is 2.34. The van der Waals surface area contributed by atoms with Crippen molar-refractivity contribution in [3.8, 4) is 0 Å². The van der Waals surface area contributed by atoms with Gasteiger partial charge in [0.1, 0.15) is 0 Å². The van der Waals surface area contributed by atoms with E-state index in [4.69, 9.17) is 0 Å². The van der Waals surface area contributed by atoms with Crippen LogP contribution in [0.1, 0.15) is 59.3 Å². The molecule has 0 spiro atoms. The van der Waals surface area contributed by atoms with E-state index in [2.05, 4.69) is 31.0 Å². The molecule has 2 unspecified atom stereocenters. The van der Waals surface area contributed by atoms with Crippen LogP contribution in [0.15, 0.2) is 0 Å². The van der Waals surface area contributed by atoms with Gasteiger partial charge in [0.2, 0.25) is 0 Å². The molecule has 0 saturated heterocycles. The molecule has 0 aromatic heterocycles. The van der Waals surface area contributed by atoms with Gasteiger partial charge in [-0.15, -0.1) is 0 Å². The van der Waals surface area contributed by atoms with Gasteiger partial charge >= 0.3 is 0 Å². The Hall–Kier alpha value is -0.0800. The fraction of sp³-hybridized carbons (Fsp3) is 1.00. The van der Waals surface area contributed by atoms with Gasteiger partial charge in [-0.1, -0.05) is 33.6 Å². The third-order valence-electron chi connectivity index (χ3n) is 4.21. The largest absolute Gasteiger partial charge is 0.313 e. The van der Waals surface area contributed by atoms with Crippen LogP contribution in [-0.4, -0.2) is 36.1 Å². The first-order valence-corrected chi connectivity index (χ1v) is 7.71. The summed E-state index contributed by atoms with van der Waals surface area (Å²) < 4.78 is 0. The van der Waals surface area contributed by atoms with Gasteiger partial charge in [-0.25, -0.2) is 0 Å². The maximum atomic E-state index is 3.73. The third kappa shape index (κ3) is 3.69. The fourth-order valence-corrected chi connectivity index (χ4v) is 3.39. The second-order valence-corrected chi connectivity index (χ2v) is 6.34. The van der Waals surface area contributed by atoms with Crippen LogP contribution in [-0.2, 0) is 0 Å². The molecule has 0 bridgehead atoms. The van der Waals surface area contributed by atoms with Gasteiger partial charge in [0.05, 0.1) is 0 Å². The number of nitrogens with zero attached hydrogens (tertiary/aromatic N) is 1. The SMILES string of the molecule is CCNC1CCCCC1N(CC(C)C)C1CC1. The molecule has 2 aliphatic rings. The highest BCUT2D eigenvalue weighted by atomic mass is 15.2. The Kier molecular flexibility index (Phi) is 4.87. The van der Waals surface area contributed by atoms with Gasteiger partial charge in [-0.3, -0.25) is 4.90 Å². The molecule has 0 aromatic rings. The Morgan fingerprint density at radius 3 is 2.41 bits per heavy atom. The van der Waals surface area contributed by atoms with Crippen molar-refractivity contribution in [3.05, 3.63) is 0 Å². The highest BCUT2D eigenvalue weighted by molar-refractivity contribution is 4.95. The van der Waals surface area contributed by atoms with Crippen LogP contribution >= 0.6 is 0 Å². The lowest BCUT2D eigenvalue weighted by Gasteiger charge is -2.41. The van der Waals surface area contributed by atoms with Crippen molar-refractivity contribution in [3.63, 3.8) is 0 Å². The lowest BCUT2D eigenvalue weighted by molar-refractivity contribution is 0.102. The Balaban J connectivity index is 1.98. The number of rotatable bonds is 6. The smallest absolute Gasteiger partial charge is 0.0252 e. The molecule has 0 amide bonds. The summed E-state index contributed by atoms with van der Waals surface area (Å²) in [7, 11) is 0. The minimum absolute atomic E-state index is 0.757. The zero-order valence-electron chi connectivity index (χ0n) is 11.9. The van der Waals surface area contributed by atoms with Crippen molar-refractivity contribution >= 4 is 0 Å². The molecule has 2 nitrogen and oxygen atoms in total. The molecule has 0 aliphatic heterocycles. The maximum absolute atomic E-state index is 3.73. The number of likely N-dealkylation sites (N-methyl/N-ethyl adjacent to an activating group) is 1. The van der Waals surface area contributed by atoms with Crippen molar-refractivity contribution < 1.29 is 0 Å². The van der Waals surface area contributed by atoms with Crippen LogP contribution in [0.25, 0.3) is 0 Å². The first-order valence-electron chi connectivity index (χ1n) is 7.71. The van der Waals surface area contributed by atoms with Crippen LogP contribution in [0.2, 0.25) is 0 Å². The molecule has 2 rings (SSSR count). The minimum atomic E-state index is 0.757. The van der Waals surface area contributed by atoms with E-state index < -0.39 is 0 Å². The predicted molar refractivity (Wildman–Crippen MR) is 74.3 cm³/mol. The van der Waals surface area contributed by atoms with Crippen molar-refractivity contribution in [1.82, 2.24) is 10.2 Å². The molecule has 2 fully saturated rings. The molecule has 17 heavy (non-hydrogen) atoms. The maximum Gasteiger partial charge on any atom is 0.0252 e. The number of hydrogen-bond donors (Lipinski definition) is 1. The van der Waals surface area contributed by atoms with Crippen LogP contribution in [0, 0.1) is 5.92 Å². The van der Waals surface area contributed by atoms with E-state index in [0.29, 0.717) is 0 Å². The van der Waals surface area contributed by atoms with E-state index in [1.165, 1.54) is 45.1 Å². The monoisotopic (exact) mass is 238 g/mol. The van der Waals surface area contributed by atoms with Gasteiger partial charge in [0.15, 0.2) is 0 Å². The topological polar surface area (TPSA) is 15.3 Å². The molecule has 0 radical (unpaired) electrons. The number of nitrogens with one attached hydrogen (secondary N) is 1. The van der Waals surface area contributed by atoms with Gasteiger partial charge in [0, 0.05) is 24.7 Å². The van der Waals surface area contributed by atoms with Crippen molar-refractivity contribution in [2.75, 3.05) is 13.1 Å². The summed E-state index contributed by atoms with van der Waals surface area (Å²) in [5.74, 6) is 0.805. The number of hydrogen-bond acceptors (Lipinski definition) is 2. The molecule has 2 heteroatoms. The Morgan fingerprint density at radius 2 is 1.82 bits per heavy atom. The first kappa shape index (κ1) is 13.4. The molecule has 2 atom stereocenters. The average molecular weight is 238 g/mol. The van der Waals surface area contributed by atoms with Gasteiger partial charge in [0.25, 0.3) is 0 Å². The molecule has 0 aromatic carbocycles. The third-order valence-corrected chi connectivity index (χ3v) is 4.21. The Morgan fingerprint density at radius 1 is 1.12 bits per heavy atom.